The highest BCUT2D eigenvalue weighted by Gasteiger charge is 2.07. The maximum absolute atomic E-state index is 6.03. The zero-order chi connectivity index (χ0) is 13.9. The average Bonchev–Trinajstić information content (AvgIpc) is 2.91. The van der Waals surface area contributed by atoms with Crippen LogP contribution in [0.3, 0.4) is 0 Å². The fraction of sp³-hybridized carbons (Fsp3) is 0. The van der Waals surface area contributed by atoms with Crippen LogP contribution in [0.4, 0.5) is 10.8 Å². The maximum atomic E-state index is 6.03. The van der Waals surface area contributed by atoms with Gasteiger partial charge in [0.25, 0.3) is 0 Å². The molecule has 0 aliphatic heterocycles. The molecule has 0 atom stereocenters. The molecule has 0 unspecified atom stereocenters. The van der Waals surface area contributed by atoms with Crippen molar-refractivity contribution in [3.05, 3.63) is 64.0 Å². The van der Waals surface area contributed by atoms with E-state index in [0.717, 1.165) is 22.1 Å². The molecule has 2 nitrogen and oxygen atoms in total. The van der Waals surface area contributed by atoms with Gasteiger partial charge in [0.15, 0.2) is 5.13 Å². The molecular formula is C15H10Cl2N2S. The summed E-state index contributed by atoms with van der Waals surface area (Å²) < 4.78 is 0. The van der Waals surface area contributed by atoms with E-state index in [1.165, 1.54) is 0 Å². The SMILES string of the molecule is Clc1ccc(-c2csc(Nc3ccccc3)n2)cc1Cl. The highest BCUT2D eigenvalue weighted by molar-refractivity contribution is 7.14. The molecule has 0 aliphatic carbocycles. The largest absolute Gasteiger partial charge is 0.332 e. The third-order valence-electron chi connectivity index (χ3n) is 2.74. The van der Waals surface area contributed by atoms with Crippen molar-refractivity contribution in [1.29, 1.82) is 0 Å². The topological polar surface area (TPSA) is 24.9 Å². The number of nitrogens with zero attached hydrogens (tertiary/aromatic N) is 1. The molecule has 1 aromatic heterocycles. The first kappa shape index (κ1) is 13.4. The number of para-hydroxylation sites is 1. The van der Waals surface area contributed by atoms with E-state index in [9.17, 15) is 0 Å². The summed E-state index contributed by atoms with van der Waals surface area (Å²) in [6.07, 6.45) is 0. The average molecular weight is 321 g/mol. The van der Waals surface area contributed by atoms with Crippen LogP contribution >= 0.6 is 34.5 Å². The zero-order valence-electron chi connectivity index (χ0n) is 10.3. The second kappa shape index (κ2) is 5.83. The van der Waals surface area contributed by atoms with Crippen molar-refractivity contribution < 1.29 is 0 Å². The van der Waals surface area contributed by atoms with E-state index in [0.29, 0.717) is 10.0 Å². The lowest BCUT2D eigenvalue weighted by atomic mass is 10.2. The molecule has 0 radical (unpaired) electrons. The molecule has 0 amide bonds. The van der Waals surface area contributed by atoms with Crippen molar-refractivity contribution in [3.8, 4) is 11.3 Å². The first-order chi connectivity index (χ1) is 9.72. The van der Waals surface area contributed by atoms with E-state index >= 15 is 0 Å². The lowest BCUT2D eigenvalue weighted by Crippen LogP contribution is -1.88. The van der Waals surface area contributed by atoms with Crippen molar-refractivity contribution in [1.82, 2.24) is 4.98 Å². The van der Waals surface area contributed by atoms with E-state index in [4.69, 9.17) is 23.2 Å². The number of aromatic nitrogens is 1. The van der Waals surface area contributed by atoms with Gasteiger partial charge in [-0.25, -0.2) is 4.98 Å². The zero-order valence-corrected chi connectivity index (χ0v) is 12.6. The highest BCUT2D eigenvalue weighted by Crippen LogP contribution is 2.31. The van der Waals surface area contributed by atoms with Crippen LogP contribution in [0.2, 0.25) is 10.0 Å². The Hall–Kier alpha value is -1.55. The van der Waals surface area contributed by atoms with Crippen molar-refractivity contribution in [2.45, 2.75) is 0 Å². The Morgan fingerprint density at radius 1 is 0.950 bits per heavy atom. The smallest absolute Gasteiger partial charge is 0.187 e. The van der Waals surface area contributed by atoms with E-state index in [1.807, 2.05) is 47.8 Å². The molecule has 100 valence electrons. The second-order valence-electron chi connectivity index (χ2n) is 4.16. The molecule has 3 rings (SSSR count). The van der Waals surface area contributed by atoms with Crippen LogP contribution in [0, 0.1) is 0 Å². The summed E-state index contributed by atoms with van der Waals surface area (Å²) in [7, 11) is 0. The van der Waals surface area contributed by atoms with E-state index < -0.39 is 0 Å². The molecule has 0 aliphatic rings. The van der Waals surface area contributed by atoms with Gasteiger partial charge in [0.05, 0.1) is 15.7 Å². The highest BCUT2D eigenvalue weighted by atomic mass is 35.5. The molecule has 0 fully saturated rings. The van der Waals surface area contributed by atoms with Gasteiger partial charge in [-0.1, -0.05) is 47.5 Å². The Kier molecular flexibility index (Phi) is 3.92. The Bertz CT molecular complexity index is 726. The Labute approximate surface area is 131 Å². The summed E-state index contributed by atoms with van der Waals surface area (Å²) in [5.41, 5.74) is 2.85. The van der Waals surface area contributed by atoms with Crippen LogP contribution in [-0.4, -0.2) is 4.98 Å². The quantitative estimate of drug-likeness (QED) is 0.653. The summed E-state index contributed by atoms with van der Waals surface area (Å²) in [6, 6.07) is 15.5. The normalized spacial score (nSPS) is 10.5. The van der Waals surface area contributed by atoms with Gasteiger partial charge in [0, 0.05) is 16.6 Å². The first-order valence-electron chi connectivity index (χ1n) is 5.95. The summed E-state index contributed by atoms with van der Waals surface area (Å²) in [4.78, 5) is 4.55. The van der Waals surface area contributed by atoms with Gasteiger partial charge in [-0.3, -0.25) is 0 Å². The van der Waals surface area contributed by atoms with Gasteiger partial charge in [-0.2, -0.15) is 0 Å². The number of rotatable bonds is 3. The number of hydrogen-bond acceptors (Lipinski definition) is 3. The van der Waals surface area contributed by atoms with E-state index in [-0.39, 0.29) is 0 Å². The third-order valence-corrected chi connectivity index (χ3v) is 4.24. The summed E-state index contributed by atoms with van der Waals surface area (Å²) in [5, 5.41) is 7.19. The molecular weight excluding hydrogens is 311 g/mol. The molecule has 0 saturated heterocycles. The second-order valence-corrected chi connectivity index (χ2v) is 5.83. The van der Waals surface area contributed by atoms with Crippen molar-refractivity contribution in [2.75, 3.05) is 5.32 Å². The molecule has 3 aromatic rings. The Morgan fingerprint density at radius 2 is 1.75 bits per heavy atom. The monoisotopic (exact) mass is 320 g/mol. The number of thiazole rings is 1. The van der Waals surface area contributed by atoms with Crippen molar-refractivity contribution in [3.63, 3.8) is 0 Å². The molecule has 20 heavy (non-hydrogen) atoms. The molecule has 1 heterocycles. The van der Waals surface area contributed by atoms with Gasteiger partial charge >= 0.3 is 0 Å². The van der Waals surface area contributed by atoms with E-state index in [2.05, 4.69) is 10.3 Å². The molecule has 0 saturated carbocycles. The van der Waals surface area contributed by atoms with Gasteiger partial charge < -0.3 is 5.32 Å². The fourth-order valence-electron chi connectivity index (χ4n) is 1.76. The summed E-state index contributed by atoms with van der Waals surface area (Å²) in [6.45, 7) is 0. The first-order valence-corrected chi connectivity index (χ1v) is 7.59. The van der Waals surface area contributed by atoms with Crippen molar-refractivity contribution >= 4 is 45.4 Å². The number of hydrogen-bond donors (Lipinski definition) is 1. The third kappa shape index (κ3) is 2.96. The Morgan fingerprint density at radius 3 is 2.50 bits per heavy atom. The lowest BCUT2D eigenvalue weighted by molar-refractivity contribution is 1.38. The predicted molar refractivity (Wildman–Crippen MR) is 87.3 cm³/mol. The van der Waals surface area contributed by atoms with Crippen molar-refractivity contribution in [2.24, 2.45) is 0 Å². The number of nitrogens with one attached hydrogen (secondary N) is 1. The molecule has 1 N–H and O–H groups in total. The molecule has 0 spiro atoms. The maximum Gasteiger partial charge on any atom is 0.187 e. The number of benzene rings is 2. The fourth-order valence-corrected chi connectivity index (χ4v) is 2.80. The Balaban J connectivity index is 1.84. The van der Waals surface area contributed by atoms with Gasteiger partial charge in [-0.15, -0.1) is 11.3 Å². The van der Waals surface area contributed by atoms with Crippen LogP contribution in [0.15, 0.2) is 53.9 Å². The number of anilines is 2. The van der Waals surface area contributed by atoms with Crippen LogP contribution in [0.5, 0.6) is 0 Å². The lowest BCUT2D eigenvalue weighted by Gasteiger charge is -2.01. The summed E-state index contributed by atoms with van der Waals surface area (Å²) in [5.74, 6) is 0. The minimum atomic E-state index is 0.537. The van der Waals surface area contributed by atoms with Crippen LogP contribution < -0.4 is 5.32 Å². The van der Waals surface area contributed by atoms with Gasteiger partial charge in [0.1, 0.15) is 0 Å². The predicted octanol–water partition coefficient (Wildman–Crippen LogP) is 5.86. The summed E-state index contributed by atoms with van der Waals surface area (Å²) >= 11 is 13.5. The van der Waals surface area contributed by atoms with Crippen LogP contribution in [0.25, 0.3) is 11.3 Å². The molecule has 5 heteroatoms. The van der Waals surface area contributed by atoms with Gasteiger partial charge in [0.2, 0.25) is 0 Å². The number of halogens is 2. The minimum absolute atomic E-state index is 0.537. The molecule has 0 bridgehead atoms. The minimum Gasteiger partial charge on any atom is -0.332 e. The molecule has 2 aromatic carbocycles. The van der Waals surface area contributed by atoms with E-state index in [1.54, 1.807) is 17.4 Å². The standard InChI is InChI=1S/C15H10Cl2N2S/c16-12-7-6-10(8-13(12)17)14-9-20-15(19-14)18-11-4-2-1-3-5-11/h1-9H,(H,18,19). The van der Waals surface area contributed by atoms with Crippen LogP contribution in [0.1, 0.15) is 0 Å². The van der Waals surface area contributed by atoms with Crippen LogP contribution in [-0.2, 0) is 0 Å². The van der Waals surface area contributed by atoms with Gasteiger partial charge in [-0.05, 0) is 24.3 Å².